The maximum absolute atomic E-state index is 13.6. The lowest BCUT2D eigenvalue weighted by Crippen LogP contribution is -2.28. The Bertz CT molecular complexity index is 1300. The molecule has 162 valence electrons. The van der Waals surface area contributed by atoms with Crippen molar-refractivity contribution in [2.24, 2.45) is 5.92 Å². The van der Waals surface area contributed by atoms with Gasteiger partial charge in [-0.1, -0.05) is 30.4 Å². The van der Waals surface area contributed by atoms with E-state index in [1.54, 1.807) is 19.1 Å². The largest absolute Gasteiger partial charge is 0.507 e. The second-order valence-electron chi connectivity index (χ2n) is 8.46. The molecule has 0 saturated heterocycles. The van der Waals surface area contributed by atoms with E-state index < -0.39 is 17.6 Å². The monoisotopic (exact) mass is 422 g/mol. The van der Waals surface area contributed by atoms with Crippen molar-refractivity contribution in [2.45, 2.75) is 39.4 Å². The minimum atomic E-state index is -0.987. The highest BCUT2D eigenvalue weighted by Crippen LogP contribution is 2.44. The smallest absolute Gasteiger partial charge is 0.204 e. The van der Waals surface area contributed by atoms with E-state index in [-0.39, 0.29) is 46.6 Å². The van der Waals surface area contributed by atoms with Gasteiger partial charge in [0.1, 0.15) is 28.1 Å². The van der Waals surface area contributed by atoms with Crippen molar-refractivity contribution in [1.29, 1.82) is 0 Å². The summed E-state index contributed by atoms with van der Waals surface area (Å²) in [5.74, 6) is -0.132. The Hall–Kier alpha value is -3.09. The minimum absolute atomic E-state index is 0.00890. The molecule has 0 fully saturated rings. The average Bonchev–Trinajstić information content (AvgIpc) is 2.69. The lowest BCUT2D eigenvalue weighted by Gasteiger charge is -2.32. The van der Waals surface area contributed by atoms with Crippen molar-refractivity contribution < 1.29 is 24.5 Å². The van der Waals surface area contributed by atoms with Gasteiger partial charge >= 0.3 is 0 Å². The number of phenols is 1. The maximum atomic E-state index is 13.6. The van der Waals surface area contributed by atoms with Gasteiger partial charge in [-0.25, -0.2) is 0 Å². The third-order valence-corrected chi connectivity index (χ3v) is 6.05. The number of aromatic hydroxyl groups is 1. The van der Waals surface area contributed by atoms with Crippen LogP contribution in [-0.4, -0.2) is 28.0 Å². The van der Waals surface area contributed by atoms with Crippen LogP contribution in [0.25, 0.3) is 21.9 Å². The van der Waals surface area contributed by atoms with E-state index in [0.29, 0.717) is 22.4 Å². The summed E-state index contributed by atoms with van der Waals surface area (Å²) in [6, 6.07) is 4.74. The lowest BCUT2D eigenvalue weighted by atomic mass is 9.85. The minimum Gasteiger partial charge on any atom is -0.507 e. The molecule has 3 atom stereocenters. The molecule has 4 rings (SSSR count). The van der Waals surface area contributed by atoms with E-state index in [0.717, 1.165) is 11.1 Å². The molecule has 0 bridgehead atoms. The highest BCUT2D eigenvalue weighted by molar-refractivity contribution is 5.97. The van der Waals surface area contributed by atoms with Gasteiger partial charge < -0.3 is 24.5 Å². The molecule has 3 aromatic rings. The second-order valence-corrected chi connectivity index (χ2v) is 8.46. The Morgan fingerprint density at radius 2 is 1.97 bits per heavy atom. The molecule has 2 aromatic carbocycles. The van der Waals surface area contributed by atoms with Crippen LogP contribution < -0.4 is 10.2 Å². The highest BCUT2D eigenvalue weighted by Gasteiger charge is 2.34. The Morgan fingerprint density at radius 3 is 2.61 bits per heavy atom. The molecule has 1 aliphatic heterocycles. The fourth-order valence-corrected chi connectivity index (χ4v) is 4.19. The van der Waals surface area contributed by atoms with Crippen LogP contribution in [0, 0.1) is 12.8 Å². The van der Waals surface area contributed by atoms with Crippen LogP contribution in [0.15, 0.2) is 51.7 Å². The summed E-state index contributed by atoms with van der Waals surface area (Å²) < 4.78 is 12.0. The highest BCUT2D eigenvalue weighted by atomic mass is 16.5. The molecule has 0 aliphatic carbocycles. The zero-order chi connectivity index (χ0) is 22.6. The fourth-order valence-electron chi connectivity index (χ4n) is 4.19. The van der Waals surface area contributed by atoms with Crippen LogP contribution >= 0.6 is 0 Å². The van der Waals surface area contributed by atoms with E-state index in [1.165, 1.54) is 6.07 Å². The maximum Gasteiger partial charge on any atom is 0.204 e. The fraction of sp³-hybridized carbons (Fsp3) is 0.320. The van der Waals surface area contributed by atoms with Crippen LogP contribution in [0.3, 0.4) is 0 Å². The average molecular weight is 422 g/mol. The molecule has 6 heteroatoms. The van der Waals surface area contributed by atoms with Crippen LogP contribution in [0.4, 0.5) is 0 Å². The van der Waals surface area contributed by atoms with E-state index in [9.17, 15) is 20.1 Å². The molecule has 1 aromatic heterocycles. The number of hydrogen-bond donors (Lipinski definition) is 3. The number of aryl methyl sites for hydroxylation is 1. The van der Waals surface area contributed by atoms with E-state index in [2.05, 4.69) is 13.2 Å². The Morgan fingerprint density at radius 1 is 1.26 bits per heavy atom. The van der Waals surface area contributed by atoms with Gasteiger partial charge in [0.05, 0.1) is 24.2 Å². The van der Waals surface area contributed by atoms with Gasteiger partial charge in [-0.3, -0.25) is 4.79 Å². The number of aliphatic hydroxyl groups is 2. The third kappa shape index (κ3) is 3.32. The third-order valence-electron chi connectivity index (χ3n) is 6.05. The normalized spacial score (nSPS) is 19.1. The van der Waals surface area contributed by atoms with Gasteiger partial charge in [0.2, 0.25) is 5.43 Å². The summed E-state index contributed by atoms with van der Waals surface area (Å²) in [5, 5.41) is 32.0. The van der Waals surface area contributed by atoms with E-state index >= 15 is 0 Å². The number of benzene rings is 2. The summed E-state index contributed by atoms with van der Waals surface area (Å²) >= 11 is 0. The SMILES string of the molecule is C=C(C)[C@H](O)Cc1ccc(O)c2c(=O)c3c4c(c(C)cc3oc12)OC[C@H](C(=C)C)[C@H]4O. The molecule has 3 N–H and O–H groups in total. The molecule has 1 aliphatic rings. The molecule has 31 heavy (non-hydrogen) atoms. The van der Waals surface area contributed by atoms with Crippen molar-refractivity contribution in [3.63, 3.8) is 0 Å². The molecule has 0 spiro atoms. The molecule has 2 heterocycles. The predicted octanol–water partition coefficient (Wildman–Crippen LogP) is 4.06. The van der Waals surface area contributed by atoms with Gasteiger partial charge in [0, 0.05) is 17.9 Å². The number of aliphatic hydroxyl groups excluding tert-OH is 2. The van der Waals surface area contributed by atoms with Crippen LogP contribution in [0.5, 0.6) is 11.5 Å². The summed E-state index contributed by atoms with van der Waals surface area (Å²) in [6.45, 7) is 13.3. The first-order valence-corrected chi connectivity index (χ1v) is 10.2. The molecule has 6 nitrogen and oxygen atoms in total. The topological polar surface area (TPSA) is 100 Å². The number of fused-ring (bicyclic) bond motifs is 4. The first-order chi connectivity index (χ1) is 14.6. The lowest BCUT2D eigenvalue weighted by molar-refractivity contribution is 0.0701. The van der Waals surface area contributed by atoms with Crippen molar-refractivity contribution in [2.75, 3.05) is 6.61 Å². The van der Waals surface area contributed by atoms with E-state index in [4.69, 9.17) is 9.15 Å². The van der Waals surface area contributed by atoms with Gasteiger partial charge in [-0.2, -0.15) is 0 Å². The molecular formula is C25H26O6. The summed E-state index contributed by atoms with van der Waals surface area (Å²) in [4.78, 5) is 13.6. The van der Waals surface area contributed by atoms with E-state index in [1.807, 2.05) is 13.8 Å². The Kier molecular flexibility index (Phi) is 5.15. The van der Waals surface area contributed by atoms with Gasteiger partial charge in [0.15, 0.2) is 0 Å². The predicted molar refractivity (Wildman–Crippen MR) is 120 cm³/mol. The first kappa shape index (κ1) is 21.2. The van der Waals surface area contributed by atoms with Gasteiger partial charge in [-0.05, 0) is 44.0 Å². The second kappa shape index (κ2) is 7.55. The zero-order valence-electron chi connectivity index (χ0n) is 17.9. The van der Waals surface area contributed by atoms with Crippen molar-refractivity contribution in [3.05, 3.63) is 69.4 Å². The van der Waals surface area contributed by atoms with Crippen LogP contribution in [0.1, 0.15) is 36.6 Å². The molecule has 0 unspecified atom stereocenters. The zero-order valence-corrected chi connectivity index (χ0v) is 17.9. The number of hydrogen-bond acceptors (Lipinski definition) is 6. The summed E-state index contributed by atoms with van der Waals surface area (Å²) in [6.07, 6.45) is -1.61. The van der Waals surface area contributed by atoms with Crippen LogP contribution in [0.2, 0.25) is 0 Å². The summed E-state index contributed by atoms with van der Waals surface area (Å²) in [5.41, 5.74) is 3.04. The Balaban J connectivity index is 2.07. The van der Waals surface area contributed by atoms with Crippen molar-refractivity contribution >= 4 is 21.9 Å². The molecular weight excluding hydrogens is 396 g/mol. The standard InChI is InChI=1S/C25H26O6/c1-11(2)15-10-30-24-13(5)8-18-20(21(24)22(15)28)23(29)19-16(26)7-6-14(25(19)31-18)9-17(27)12(3)4/h6-8,15,17,22,26-28H,1,3,9-10H2,2,4-5H3/t15-,17-,22-/m1/s1. The van der Waals surface area contributed by atoms with Crippen molar-refractivity contribution in [1.82, 2.24) is 0 Å². The van der Waals surface area contributed by atoms with Gasteiger partial charge in [-0.15, -0.1) is 0 Å². The summed E-state index contributed by atoms with van der Waals surface area (Å²) in [7, 11) is 0. The van der Waals surface area contributed by atoms with Crippen LogP contribution in [-0.2, 0) is 6.42 Å². The quantitative estimate of drug-likeness (QED) is 0.433. The number of ether oxygens (including phenoxy) is 1. The number of rotatable bonds is 4. The van der Waals surface area contributed by atoms with Crippen molar-refractivity contribution in [3.8, 4) is 11.5 Å². The Labute approximate surface area is 179 Å². The first-order valence-electron chi connectivity index (χ1n) is 10.2. The molecule has 0 amide bonds. The van der Waals surface area contributed by atoms with Gasteiger partial charge in [0.25, 0.3) is 0 Å². The molecule has 0 saturated carbocycles. The number of phenolic OH excluding ortho intramolecular Hbond substituents is 1. The molecule has 0 radical (unpaired) electrons.